The molecular formula is C14H12FN3OS. The van der Waals surface area contributed by atoms with E-state index >= 15 is 0 Å². The quantitative estimate of drug-likeness (QED) is 0.587. The molecule has 0 aliphatic rings. The van der Waals surface area contributed by atoms with Crippen molar-refractivity contribution in [2.24, 2.45) is 0 Å². The van der Waals surface area contributed by atoms with Crippen LogP contribution in [-0.2, 0) is 0 Å². The van der Waals surface area contributed by atoms with Gasteiger partial charge in [0.1, 0.15) is 5.82 Å². The Balaban J connectivity index is 1.88. The smallest absolute Gasteiger partial charge is 0.272 e. The molecule has 0 bridgehead atoms. The summed E-state index contributed by atoms with van der Waals surface area (Å²) in [5.41, 5.74) is 5.57. The highest BCUT2D eigenvalue weighted by Crippen LogP contribution is 2.06. The molecule has 2 rings (SSSR count). The van der Waals surface area contributed by atoms with Gasteiger partial charge < -0.3 is 5.32 Å². The van der Waals surface area contributed by atoms with Gasteiger partial charge in [-0.15, -0.1) is 0 Å². The number of para-hydroxylation sites is 1. The normalized spacial score (nSPS) is 9.65. The van der Waals surface area contributed by atoms with Crippen LogP contribution in [0.3, 0.4) is 0 Å². The second kappa shape index (κ2) is 6.63. The third-order valence-electron chi connectivity index (χ3n) is 2.44. The summed E-state index contributed by atoms with van der Waals surface area (Å²) in [6, 6.07) is 14.9. The number of hydrazine groups is 1. The number of rotatable bonds is 2. The van der Waals surface area contributed by atoms with Crippen molar-refractivity contribution in [1.29, 1.82) is 0 Å². The van der Waals surface area contributed by atoms with Gasteiger partial charge in [-0.3, -0.25) is 15.6 Å². The van der Waals surface area contributed by atoms with Crippen molar-refractivity contribution in [2.45, 2.75) is 0 Å². The predicted molar refractivity (Wildman–Crippen MR) is 79.7 cm³/mol. The van der Waals surface area contributed by atoms with E-state index in [2.05, 4.69) is 16.2 Å². The van der Waals surface area contributed by atoms with E-state index in [0.29, 0.717) is 0 Å². The molecule has 0 fully saturated rings. The summed E-state index contributed by atoms with van der Waals surface area (Å²) in [6.07, 6.45) is 0. The van der Waals surface area contributed by atoms with Crippen molar-refractivity contribution in [2.75, 3.05) is 5.32 Å². The highest BCUT2D eigenvalue weighted by atomic mass is 32.1. The fourth-order valence-corrected chi connectivity index (χ4v) is 1.68. The Labute approximate surface area is 121 Å². The van der Waals surface area contributed by atoms with E-state index in [0.717, 1.165) is 5.69 Å². The molecule has 0 saturated heterocycles. The van der Waals surface area contributed by atoms with Crippen LogP contribution in [0.5, 0.6) is 0 Å². The molecule has 3 N–H and O–H groups in total. The van der Waals surface area contributed by atoms with Gasteiger partial charge in [0.15, 0.2) is 5.11 Å². The molecule has 0 radical (unpaired) electrons. The van der Waals surface area contributed by atoms with E-state index in [1.807, 2.05) is 30.3 Å². The van der Waals surface area contributed by atoms with Crippen molar-refractivity contribution in [3.8, 4) is 0 Å². The molecule has 0 aliphatic heterocycles. The SMILES string of the molecule is O=C(NNC(=S)Nc1ccccc1)c1ccccc1F. The van der Waals surface area contributed by atoms with E-state index < -0.39 is 11.7 Å². The molecule has 102 valence electrons. The van der Waals surface area contributed by atoms with Gasteiger partial charge in [0.05, 0.1) is 5.56 Å². The number of benzene rings is 2. The van der Waals surface area contributed by atoms with Crippen LogP contribution in [0.15, 0.2) is 54.6 Å². The lowest BCUT2D eigenvalue weighted by Crippen LogP contribution is -2.44. The third kappa shape index (κ3) is 3.76. The zero-order valence-corrected chi connectivity index (χ0v) is 11.2. The van der Waals surface area contributed by atoms with E-state index in [1.54, 1.807) is 6.07 Å². The number of halogens is 1. The zero-order chi connectivity index (χ0) is 14.4. The van der Waals surface area contributed by atoms with Crippen molar-refractivity contribution >= 4 is 28.9 Å². The van der Waals surface area contributed by atoms with Gasteiger partial charge >= 0.3 is 0 Å². The van der Waals surface area contributed by atoms with Gasteiger partial charge in [-0.25, -0.2) is 4.39 Å². The Morgan fingerprint density at radius 3 is 2.30 bits per heavy atom. The highest BCUT2D eigenvalue weighted by molar-refractivity contribution is 7.80. The fraction of sp³-hybridized carbons (Fsp3) is 0. The number of hydrogen-bond acceptors (Lipinski definition) is 2. The summed E-state index contributed by atoms with van der Waals surface area (Å²) in [5.74, 6) is -1.19. The molecule has 1 amide bonds. The van der Waals surface area contributed by atoms with Gasteiger partial charge in [0, 0.05) is 5.69 Å². The molecule has 0 spiro atoms. The molecule has 2 aromatic carbocycles. The maximum Gasteiger partial charge on any atom is 0.272 e. The number of hydrogen-bond donors (Lipinski definition) is 3. The first-order valence-corrected chi connectivity index (χ1v) is 6.24. The first kappa shape index (κ1) is 14.0. The van der Waals surface area contributed by atoms with E-state index in [1.165, 1.54) is 18.2 Å². The second-order valence-electron chi connectivity index (χ2n) is 3.88. The summed E-state index contributed by atoms with van der Waals surface area (Å²) < 4.78 is 13.4. The maximum absolute atomic E-state index is 13.4. The van der Waals surface area contributed by atoms with Crippen molar-refractivity contribution in [3.63, 3.8) is 0 Å². The number of thiocarbonyl (C=S) groups is 1. The van der Waals surface area contributed by atoms with Crippen LogP contribution < -0.4 is 16.2 Å². The summed E-state index contributed by atoms with van der Waals surface area (Å²) >= 11 is 5.01. The molecule has 0 aliphatic carbocycles. The molecule has 20 heavy (non-hydrogen) atoms. The molecule has 0 aromatic heterocycles. The topological polar surface area (TPSA) is 53.2 Å². The largest absolute Gasteiger partial charge is 0.331 e. The number of carbonyl (C=O) groups is 1. The lowest BCUT2D eigenvalue weighted by atomic mass is 10.2. The Bertz CT molecular complexity index is 619. The minimum atomic E-state index is -0.597. The molecular weight excluding hydrogens is 277 g/mol. The predicted octanol–water partition coefficient (Wildman–Crippen LogP) is 2.46. The maximum atomic E-state index is 13.4. The van der Waals surface area contributed by atoms with Crippen molar-refractivity contribution < 1.29 is 9.18 Å². The lowest BCUT2D eigenvalue weighted by Gasteiger charge is -2.11. The molecule has 6 heteroatoms. The van der Waals surface area contributed by atoms with Crippen LogP contribution in [0, 0.1) is 5.82 Å². The molecule has 0 saturated carbocycles. The van der Waals surface area contributed by atoms with Gasteiger partial charge in [-0.2, -0.15) is 0 Å². The average Bonchev–Trinajstić information content (AvgIpc) is 2.46. The summed E-state index contributed by atoms with van der Waals surface area (Å²) in [5, 5.41) is 3.08. The van der Waals surface area contributed by atoms with Gasteiger partial charge in [-0.05, 0) is 36.5 Å². The molecule has 0 unspecified atom stereocenters. The number of anilines is 1. The Morgan fingerprint density at radius 2 is 1.60 bits per heavy atom. The third-order valence-corrected chi connectivity index (χ3v) is 2.64. The minimum absolute atomic E-state index is 0.0532. The molecule has 0 heterocycles. The lowest BCUT2D eigenvalue weighted by molar-refractivity contribution is 0.0940. The second-order valence-corrected chi connectivity index (χ2v) is 4.29. The Kier molecular flexibility index (Phi) is 4.62. The molecule has 4 nitrogen and oxygen atoms in total. The van der Waals surface area contributed by atoms with Gasteiger partial charge in [-0.1, -0.05) is 30.3 Å². The molecule has 2 aromatic rings. The molecule has 0 atom stereocenters. The standard InChI is InChI=1S/C14H12FN3OS/c15-12-9-5-4-8-11(12)13(19)17-18-14(20)16-10-6-2-1-3-7-10/h1-9H,(H,17,19)(H2,16,18,20). The van der Waals surface area contributed by atoms with Crippen LogP contribution >= 0.6 is 12.2 Å². The monoisotopic (exact) mass is 289 g/mol. The Morgan fingerprint density at radius 1 is 0.950 bits per heavy atom. The number of carbonyl (C=O) groups excluding carboxylic acids is 1. The zero-order valence-electron chi connectivity index (χ0n) is 10.4. The average molecular weight is 289 g/mol. The summed E-state index contributed by atoms with van der Waals surface area (Å²) in [7, 11) is 0. The number of amides is 1. The summed E-state index contributed by atoms with van der Waals surface area (Å²) in [4.78, 5) is 11.7. The van der Waals surface area contributed by atoms with Crippen LogP contribution in [0.1, 0.15) is 10.4 Å². The number of nitrogens with one attached hydrogen (secondary N) is 3. The van der Waals surface area contributed by atoms with Gasteiger partial charge in [0.25, 0.3) is 5.91 Å². The van der Waals surface area contributed by atoms with Crippen LogP contribution in [-0.4, -0.2) is 11.0 Å². The van der Waals surface area contributed by atoms with E-state index in [-0.39, 0.29) is 10.7 Å². The Hall–Kier alpha value is -2.47. The van der Waals surface area contributed by atoms with Crippen molar-refractivity contribution in [1.82, 2.24) is 10.9 Å². The first-order chi connectivity index (χ1) is 9.66. The van der Waals surface area contributed by atoms with E-state index in [4.69, 9.17) is 12.2 Å². The van der Waals surface area contributed by atoms with Crippen LogP contribution in [0.4, 0.5) is 10.1 Å². The highest BCUT2D eigenvalue weighted by Gasteiger charge is 2.10. The van der Waals surface area contributed by atoms with Crippen molar-refractivity contribution in [3.05, 3.63) is 66.0 Å². The first-order valence-electron chi connectivity index (χ1n) is 5.84. The van der Waals surface area contributed by atoms with Gasteiger partial charge in [0.2, 0.25) is 0 Å². The minimum Gasteiger partial charge on any atom is -0.331 e. The van der Waals surface area contributed by atoms with Crippen LogP contribution in [0.2, 0.25) is 0 Å². The fourth-order valence-electron chi connectivity index (χ4n) is 1.51. The summed E-state index contributed by atoms with van der Waals surface area (Å²) in [6.45, 7) is 0. The van der Waals surface area contributed by atoms with Crippen LogP contribution in [0.25, 0.3) is 0 Å². The van der Waals surface area contributed by atoms with E-state index in [9.17, 15) is 9.18 Å².